The molecule has 1 unspecified atom stereocenters. The Morgan fingerprint density at radius 3 is 2.06 bits per heavy atom. The van der Waals surface area contributed by atoms with Crippen molar-refractivity contribution in [3.8, 4) is 0 Å². The lowest BCUT2D eigenvalue weighted by molar-refractivity contribution is -0.135. The van der Waals surface area contributed by atoms with Gasteiger partial charge in [0.15, 0.2) is 6.29 Å². The maximum absolute atomic E-state index is 5.68. The van der Waals surface area contributed by atoms with Crippen LogP contribution in [0.2, 0.25) is 0 Å². The summed E-state index contributed by atoms with van der Waals surface area (Å²) in [6.45, 7) is 13.3. The average Bonchev–Trinajstić information content (AvgIpc) is 2.00. The van der Waals surface area contributed by atoms with Crippen molar-refractivity contribution in [2.75, 3.05) is 6.61 Å². The highest BCUT2D eigenvalue weighted by Crippen LogP contribution is 2.08. The zero-order valence-electron chi connectivity index (χ0n) is 11.5. The van der Waals surface area contributed by atoms with E-state index in [4.69, 9.17) is 9.47 Å². The molecule has 0 aliphatic carbocycles. The molecule has 2 N–H and O–H groups in total. The zero-order chi connectivity index (χ0) is 11.8. The molecule has 0 spiro atoms. The standard InChI is InChI=1S/C13H26O2.H2O/c1-10(2)7-8-14-13(9-11(3)4)15-12(5)6;/h9-10,12-13H,7-8H2,1-6H3;1H2. The van der Waals surface area contributed by atoms with Gasteiger partial charge in [0, 0.05) is 0 Å². The van der Waals surface area contributed by atoms with E-state index in [0.29, 0.717) is 5.92 Å². The topological polar surface area (TPSA) is 50.0 Å². The van der Waals surface area contributed by atoms with E-state index in [9.17, 15) is 0 Å². The first-order chi connectivity index (χ1) is 6.91. The fourth-order valence-electron chi connectivity index (χ4n) is 1.09. The predicted octanol–water partition coefficient (Wildman–Crippen LogP) is 2.94. The number of rotatable bonds is 7. The second-order valence-corrected chi connectivity index (χ2v) is 4.85. The van der Waals surface area contributed by atoms with Gasteiger partial charge < -0.3 is 14.9 Å². The molecule has 0 fully saturated rings. The molecule has 0 radical (unpaired) electrons. The van der Waals surface area contributed by atoms with E-state index in [1.165, 1.54) is 5.57 Å². The quantitative estimate of drug-likeness (QED) is 0.500. The number of allylic oxidation sites excluding steroid dienone is 1. The molecule has 3 nitrogen and oxygen atoms in total. The first-order valence-corrected chi connectivity index (χ1v) is 5.84. The van der Waals surface area contributed by atoms with Gasteiger partial charge in [-0.3, -0.25) is 0 Å². The summed E-state index contributed by atoms with van der Waals surface area (Å²) in [4.78, 5) is 0. The summed E-state index contributed by atoms with van der Waals surface area (Å²) in [5, 5.41) is 0. The van der Waals surface area contributed by atoms with Crippen LogP contribution >= 0.6 is 0 Å². The van der Waals surface area contributed by atoms with Crippen molar-refractivity contribution in [3.05, 3.63) is 11.6 Å². The first-order valence-electron chi connectivity index (χ1n) is 5.84. The minimum atomic E-state index is -0.186. The molecule has 0 rings (SSSR count). The van der Waals surface area contributed by atoms with Gasteiger partial charge >= 0.3 is 0 Å². The fraction of sp³-hybridized carbons (Fsp3) is 0.846. The van der Waals surface area contributed by atoms with Gasteiger partial charge in [0.25, 0.3) is 0 Å². The van der Waals surface area contributed by atoms with Crippen LogP contribution in [0, 0.1) is 5.92 Å². The Kier molecular flexibility index (Phi) is 11.0. The van der Waals surface area contributed by atoms with Crippen LogP contribution < -0.4 is 0 Å². The smallest absolute Gasteiger partial charge is 0.177 e. The Balaban J connectivity index is 0. The lowest BCUT2D eigenvalue weighted by atomic mass is 10.1. The van der Waals surface area contributed by atoms with Crippen molar-refractivity contribution in [1.82, 2.24) is 0 Å². The molecule has 16 heavy (non-hydrogen) atoms. The lowest BCUT2D eigenvalue weighted by Gasteiger charge is -2.19. The predicted molar refractivity (Wildman–Crippen MR) is 68.5 cm³/mol. The Morgan fingerprint density at radius 1 is 1.12 bits per heavy atom. The van der Waals surface area contributed by atoms with Gasteiger partial charge in [-0.2, -0.15) is 0 Å². The maximum Gasteiger partial charge on any atom is 0.177 e. The molecule has 0 aromatic rings. The van der Waals surface area contributed by atoms with Gasteiger partial charge in [0.1, 0.15) is 0 Å². The summed E-state index contributed by atoms with van der Waals surface area (Å²) in [5.41, 5.74) is 1.23. The molecule has 0 heterocycles. The SMILES string of the molecule is CC(C)=CC(OCCC(C)C)OC(C)C.O. The van der Waals surface area contributed by atoms with Crippen molar-refractivity contribution in [3.63, 3.8) is 0 Å². The van der Waals surface area contributed by atoms with E-state index in [0.717, 1.165) is 13.0 Å². The van der Waals surface area contributed by atoms with E-state index in [2.05, 4.69) is 27.7 Å². The minimum absolute atomic E-state index is 0. The largest absolute Gasteiger partial charge is 0.412 e. The molecule has 0 saturated carbocycles. The Hall–Kier alpha value is -0.380. The highest BCUT2D eigenvalue weighted by atomic mass is 16.7. The second-order valence-electron chi connectivity index (χ2n) is 4.85. The molecule has 0 amide bonds. The van der Waals surface area contributed by atoms with Crippen LogP contribution in [-0.4, -0.2) is 24.5 Å². The highest BCUT2D eigenvalue weighted by molar-refractivity contribution is 4.95. The van der Waals surface area contributed by atoms with Gasteiger partial charge in [-0.25, -0.2) is 0 Å². The van der Waals surface area contributed by atoms with Crippen LogP contribution in [0.5, 0.6) is 0 Å². The van der Waals surface area contributed by atoms with Crippen molar-refractivity contribution in [2.45, 2.75) is 60.4 Å². The van der Waals surface area contributed by atoms with Crippen molar-refractivity contribution < 1.29 is 14.9 Å². The summed E-state index contributed by atoms with van der Waals surface area (Å²) in [7, 11) is 0. The molecule has 0 bridgehead atoms. The molecular formula is C13H28O3. The number of hydrogen-bond acceptors (Lipinski definition) is 2. The summed E-state index contributed by atoms with van der Waals surface area (Å²) in [6.07, 6.45) is 3.12. The minimum Gasteiger partial charge on any atom is -0.412 e. The monoisotopic (exact) mass is 232 g/mol. The second kappa shape index (κ2) is 9.82. The van der Waals surface area contributed by atoms with Crippen LogP contribution in [0.25, 0.3) is 0 Å². The third kappa shape index (κ3) is 11.7. The molecule has 0 aliphatic heterocycles. The fourth-order valence-corrected chi connectivity index (χ4v) is 1.09. The molecule has 3 heteroatoms. The van der Waals surface area contributed by atoms with Crippen LogP contribution in [0.4, 0.5) is 0 Å². The maximum atomic E-state index is 5.68. The van der Waals surface area contributed by atoms with Gasteiger partial charge in [0.2, 0.25) is 0 Å². The first kappa shape index (κ1) is 18.0. The van der Waals surface area contributed by atoms with Crippen LogP contribution in [0.1, 0.15) is 48.0 Å². The van der Waals surface area contributed by atoms with E-state index in [-0.39, 0.29) is 17.9 Å². The zero-order valence-corrected chi connectivity index (χ0v) is 11.5. The molecule has 0 aromatic heterocycles. The molecular weight excluding hydrogens is 204 g/mol. The van der Waals surface area contributed by atoms with Crippen LogP contribution in [0.3, 0.4) is 0 Å². The van der Waals surface area contributed by atoms with Gasteiger partial charge in [-0.1, -0.05) is 19.4 Å². The van der Waals surface area contributed by atoms with Gasteiger partial charge in [-0.05, 0) is 46.1 Å². The normalized spacial score (nSPS) is 12.5. The molecule has 0 aliphatic rings. The highest BCUT2D eigenvalue weighted by Gasteiger charge is 2.08. The number of ether oxygens (including phenoxy) is 2. The average molecular weight is 232 g/mol. The summed E-state index contributed by atoms with van der Waals surface area (Å²) in [6, 6.07) is 0. The summed E-state index contributed by atoms with van der Waals surface area (Å²) >= 11 is 0. The van der Waals surface area contributed by atoms with Crippen molar-refractivity contribution in [2.24, 2.45) is 5.92 Å². The molecule has 0 aromatic carbocycles. The van der Waals surface area contributed by atoms with Crippen LogP contribution in [0.15, 0.2) is 11.6 Å². The summed E-state index contributed by atoms with van der Waals surface area (Å²) in [5.74, 6) is 0.677. The van der Waals surface area contributed by atoms with Gasteiger partial charge in [-0.15, -0.1) is 0 Å². The van der Waals surface area contributed by atoms with Crippen LogP contribution in [-0.2, 0) is 9.47 Å². The van der Waals surface area contributed by atoms with E-state index in [1.807, 2.05) is 19.9 Å². The number of hydrogen-bond donors (Lipinski definition) is 0. The molecule has 1 atom stereocenters. The molecule has 98 valence electrons. The van der Waals surface area contributed by atoms with E-state index < -0.39 is 0 Å². The van der Waals surface area contributed by atoms with Crippen molar-refractivity contribution >= 4 is 0 Å². The Morgan fingerprint density at radius 2 is 1.69 bits per heavy atom. The third-order valence-electron chi connectivity index (χ3n) is 1.85. The third-order valence-corrected chi connectivity index (χ3v) is 1.85. The van der Waals surface area contributed by atoms with E-state index >= 15 is 0 Å². The Bertz CT molecular complexity index is 182. The molecule has 0 saturated heterocycles. The van der Waals surface area contributed by atoms with Crippen molar-refractivity contribution in [1.29, 1.82) is 0 Å². The van der Waals surface area contributed by atoms with E-state index in [1.54, 1.807) is 0 Å². The lowest BCUT2D eigenvalue weighted by Crippen LogP contribution is -2.20. The Labute approximate surface area is 100 Å². The summed E-state index contributed by atoms with van der Waals surface area (Å²) < 4.78 is 11.3. The van der Waals surface area contributed by atoms with Gasteiger partial charge in [0.05, 0.1) is 12.7 Å².